The molecule has 1 saturated carbocycles. The number of rotatable bonds is 5. The number of nitrogens with two attached hydrogens (primary N) is 1. The highest BCUT2D eigenvalue weighted by molar-refractivity contribution is 5.99. The van der Waals surface area contributed by atoms with E-state index in [0.717, 1.165) is 62.9 Å². The van der Waals surface area contributed by atoms with Crippen LogP contribution in [-0.2, 0) is 9.59 Å². The predicted molar refractivity (Wildman–Crippen MR) is 104 cm³/mol. The molecule has 0 unspecified atom stereocenters. The molecule has 0 aromatic heterocycles. The fourth-order valence-corrected chi connectivity index (χ4v) is 3.83. The summed E-state index contributed by atoms with van der Waals surface area (Å²) in [4.78, 5) is 27.0. The van der Waals surface area contributed by atoms with Crippen molar-refractivity contribution in [3.63, 3.8) is 0 Å². The number of amides is 2. The minimum atomic E-state index is -0.761. The third-order valence-corrected chi connectivity index (χ3v) is 5.53. The summed E-state index contributed by atoms with van der Waals surface area (Å²) in [6.45, 7) is 4.34. The van der Waals surface area contributed by atoms with Gasteiger partial charge in [-0.2, -0.15) is 0 Å². The molecule has 142 valence electrons. The zero-order chi connectivity index (χ0) is 18.6. The van der Waals surface area contributed by atoms with Crippen molar-refractivity contribution in [1.29, 1.82) is 0 Å². The van der Waals surface area contributed by atoms with Crippen LogP contribution in [0.2, 0.25) is 0 Å². The molecule has 1 aliphatic carbocycles. The van der Waals surface area contributed by atoms with Crippen molar-refractivity contribution >= 4 is 23.2 Å². The zero-order valence-electron chi connectivity index (χ0n) is 15.6. The molecule has 0 atom stereocenters. The molecule has 6 heteroatoms. The van der Waals surface area contributed by atoms with E-state index in [9.17, 15) is 9.59 Å². The lowest BCUT2D eigenvalue weighted by molar-refractivity contribution is -0.121. The van der Waals surface area contributed by atoms with Crippen molar-refractivity contribution < 1.29 is 9.59 Å². The zero-order valence-corrected chi connectivity index (χ0v) is 15.6. The molecule has 2 amide bonds. The van der Waals surface area contributed by atoms with E-state index >= 15 is 0 Å². The van der Waals surface area contributed by atoms with Crippen molar-refractivity contribution in [3.05, 3.63) is 23.8 Å². The van der Waals surface area contributed by atoms with Gasteiger partial charge in [-0.05, 0) is 63.4 Å². The molecule has 0 bridgehead atoms. The second kappa shape index (κ2) is 8.18. The number of likely N-dealkylation sites (tertiary alicyclic amines) is 1. The first-order valence-corrected chi connectivity index (χ1v) is 9.69. The number of anilines is 2. The highest BCUT2D eigenvalue weighted by Crippen LogP contribution is 2.29. The second-order valence-corrected chi connectivity index (χ2v) is 7.73. The van der Waals surface area contributed by atoms with Gasteiger partial charge in [0.2, 0.25) is 11.8 Å². The molecular formula is C20H30N4O2. The van der Waals surface area contributed by atoms with Gasteiger partial charge in [0.25, 0.3) is 0 Å². The molecule has 3 rings (SSSR count). The fraction of sp³-hybridized carbons (Fsp3) is 0.600. The smallest absolute Gasteiger partial charge is 0.244 e. The van der Waals surface area contributed by atoms with Crippen LogP contribution in [0.3, 0.4) is 0 Å². The van der Waals surface area contributed by atoms with Crippen LogP contribution in [0.15, 0.2) is 18.2 Å². The molecule has 0 spiro atoms. The molecule has 1 aromatic rings. The van der Waals surface area contributed by atoms with Crippen LogP contribution in [0.4, 0.5) is 11.4 Å². The van der Waals surface area contributed by atoms with Crippen LogP contribution in [0.1, 0.15) is 50.5 Å². The Morgan fingerprint density at radius 2 is 1.77 bits per heavy atom. The molecule has 2 aliphatic rings. The summed E-state index contributed by atoms with van der Waals surface area (Å²) in [6, 6.07) is 5.58. The van der Waals surface area contributed by atoms with E-state index in [1.54, 1.807) is 0 Å². The summed E-state index contributed by atoms with van der Waals surface area (Å²) in [5.74, 6) is -0.144. The van der Waals surface area contributed by atoms with Gasteiger partial charge in [-0.15, -0.1) is 0 Å². The lowest BCUT2D eigenvalue weighted by atomic mass is 9.98. The Balaban J connectivity index is 1.61. The molecule has 4 N–H and O–H groups in total. The Hall–Kier alpha value is -1.92. The Labute approximate surface area is 155 Å². The van der Waals surface area contributed by atoms with E-state index in [4.69, 9.17) is 5.73 Å². The average Bonchev–Trinajstić information content (AvgIpc) is 3.07. The van der Waals surface area contributed by atoms with Gasteiger partial charge in [-0.1, -0.05) is 25.3 Å². The first kappa shape index (κ1) is 18.9. The van der Waals surface area contributed by atoms with Crippen LogP contribution in [-0.4, -0.2) is 41.9 Å². The number of benzene rings is 1. The highest BCUT2D eigenvalue weighted by atomic mass is 16.2. The molecule has 1 saturated heterocycles. The summed E-state index contributed by atoms with van der Waals surface area (Å²) in [7, 11) is 0. The van der Waals surface area contributed by atoms with E-state index in [2.05, 4.69) is 15.5 Å². The van der Waals surface area contributed by atoms with E-state index in [0.29, 0.717) is 12.2 Å². The van der Waals surface area contributed by atoms with Crippen molar-refractivity contribution in [1.82, 2.24) is 4.90 Å². The Morgan fingerprint density at radius 1 is 1.08 bits per heavy atom. The molecule has 1 aromatic carbocycles. The number of aryl methyl sites for hydroxylation is 1. The van der Waals surface area contributed by atoms with Gasteiger partial charge in [0.05, 0.1) is 12.1 Å². The van der Waals surface area contributed by atoms with Gasteiger partial charge >= 0.3 is 0 Å². The van der Waals surface area contributed by atoms with Crippen LogP contribution in [0.5, 0.6) is 0 Å². The number of carbonyl (C=O) groups excluding carboxylic acids is 2. The van der Waals surface area contributed by atoms with Crippen molar-refractivity contribution in [2.75, 3.05) is 30.3 Å². The third-order valence-electron chi connectivity index (χ3n) is 5.53. The van der Waals surface area contributed by atoms with Crippen LogP contribution in [0.25, 0.3) is 0 Å². The van der Waals surface area contributed by atoms with E-state index in [-0.39, 0.29) is 11.8 Å². The molecule has 1 aliphatic heterocycles. The maximum absolute atomic E-state index is 12.5. The van der Waals surface area contributed by atoms with Crippen molar-refractivity contribution in [2.45, 2.75) is 57.4 Å². The first-order valence-electron chi connectivity index (χ1n) is 9.69. The van der Waals surface area contributed by atoms with Gasteiger partial charge in [-0.25, -0.2) is 0 Å². The summed E-state index contributed by atoms with van der Waals surface area (Å²) in [6.07, 6.45) is 7.02. The van der Waals surface area contributed by atoms with Crippen LogP contribution >= 0.6 is 0 Å². The first-order chi connectivity index (χ1) is 12.5. The Morgan fingerprint density at radius 3 is 2.46 bits per heavy atom. The summed E-state index contributed by atoms with van der Waals surface area (Å²) < 4.78 is 0. The fourth-order valence-electron chi connectivity index (χ4n) is 3.83. The van der Waals surface area contributed by atoms with Gasteiger partial charge in [0.1, 0.15) is 0 Å². The third kappa shape index (κ3) is 4.62. The minimum Gasteiger partial charge on any atom is -0.325 e. The molecule has 1 heterocycles. The number of piperidine rings is 1. The van der Waals surface area contributed by atoms with Crippen molar-refractivity contribution in [3.8, 4) is 0 Å². The Bertz CT molecular complexity index is 662. The van der Waals surface area contributed by atoms with E-state index < -0.39 is 5.54 Å². The lowest BCUT2D eigenvalue weighted by Gasteiger charge is -2.26. The minimum absolute atomic E-state index is 0.00966. The number of nitrogens with one attached hydrogen (secondary N) is 2. The second-order valence-electron chi connectivity index (χ2n) is 7.73. The van der Waals surface area contributed by atoms with Crippen LogP contribution < -0.4 is 16.4 Å². The number of carbonyl (C=O) groups is 2. The quantitative estimate of drug-likeness (QED) is 0.755. The number of nitrogens with zero attached hydrogens (tertiary/aromatic N) is 1. The van der Waals surface area contributed by atoms with Gasteiger partial charge in [0, 0.05) is 11.4 Å². The van der Waals surface area contributed by atoms with Gasteiger partial charge in [0.15, 0.2) is 0 Å². The standard InChI is InChI=1S/C20H30N4O2/c1-15-7-8-16(22-19(26)20(21)9-3-4-10-20)13-17(15)23-18(25)14-24-11-5-2-6-12-24/h7-8,13H,2-6,9-12,14,21H2,1H3,(H,22,26)(H,23,25). The van der Waals surface area contributed by atoms with E-state index in [1.807, 2.05) is 25.1 Å². The van der Waals surface area contributed by atoms with Crippen LogP contribution in [0, 0.1) is 6.92 Å². The van der Waals surface area contributed by atoms with E-state index in [1.165, 1.54) is 6.42 Å². The summed E-state index contributed by atoms with van der Waals surface area (Å²) >= 11 is 0. The lowest BCUT2D eigenvalue weighted by Crippen LogP contribution is -2.48. The predicted octanol–water partition coefficient (Wildman–Crippen LogP) is 2.63. The SMILES string of the molecule is Cc1ccc(NC(=O)C2(N)CCCC2)cc1NC(=O)CN1CCCCC1. The summed E-state index contributed by atoms with van der Waals surface area (Å²) in [5.41, 5.74) is 7.84. The molecule has 26 heavy (non-hydrogen) atoms. The molecule has 0 radical (unpaired) electrons. The normalized spacial score (nSPS) is 19.9. The maximum atomic E-state index is 12.5. The molecule has 6 nitrogen and oxygen atoms in total. The van der Waals surface area contributed by atoms with Crippen molar-refractivity contribution in [2.24, 2.45) is 5.73 Å². The topological polar surface area (TPSA) is 87.5 Å². The molecule has 2 fully saturated rings. The summed E-state index contributed by atoms with van der Waals surface area (Å²) in [5, 5.41) is 5.91. The monoisotopic (exact) mass is 358 g/mol. The number of hydrogen-bond donors (Lipinski definition) is 3. The average molecular weight is 358 g/mol. The highest BCUT2D eigenvalue weighted by Gasteiger charge is 2.37. The van der Waals surface area contributed by atoms with Gasteiger partial charge < -0.3 is 16.4 Å². The Kier molecular flexibility index (Phi) is 5.94. The van der Waals surface area contributed by atoms with Gasteiger partial charge in [-0.3, -0.25) is 14.5 Å². The number of hydrogen-bond acceptors (Lipinski definition) is 4. The largest absolute Gasteiger partial charge is 0.325 e. The maximum Gasteiger partial charge on any atom is 0.244 e. The molecular weight excluding hydrogens is 328 g/mol.